The molecular weight excluding hydrogens is 411 g/mol. The van der Waals surface area contributed by atoms with Crippen LogP contribution >= 0.6 is 0 Å². The number of nitrogens with zero attached hydrogens (tertiary/aromatic N) is 3. The van der Waals surface area contributed by atoms with Crippen LogP contribution in [0.4, 0.5) is 13.2 Å². The van der Waals surface area contributed by atoms with Gasteiger partial charge in [-0.25, -0.2) is 10.4 Å². The van der Waals surface area contributed by atoms with Crippen molar-refractivity contribution in [1.82, 2.24) is 25.9 Å². The maximum atomic E-state index is 13.6. The number of carbonyl (C=O) groups excluding carboxylic acids is 1. The molecule has 2 N–H and O–H groups in total. The highest BCUT2D eigenvalue weighted by molar-refractivity contribution is 5.82. The molecule has 2 fully saturated rings. The second-order valence-corrected chi connectivity index (χ2v) is 9.64. The van der Waals surface area contributed by atoms with Crippen LogP contribution < -0.4 is 10.9 Å². The third kappa shape index (κ3) is 4.27. The Kier molecular flexibility index (Phi) is 5.49. The van der Waals surface area contributed by atoms with E-state index in [0.29, 0.717) is 38.0 Å². The zero-order valence-corrected chi connectivity index (χ0v) is 18.1. The van der Waals surface area contributed by atoms with Gasteiger partial charge in [-0.1, -0.05) is 25.9 Å². The van der Waals surface area contributed by atoms with Gasteiger partial charge in [0, 0.05) is 30.7 Å². The van der Waals surface area contributed by atoms with Crippen molar-refractivity contribution in [2.75, 3.05) is 13.1 Å². The number of amides is 1. The van der Waals surface area contributed by atoms with Crippen LogP contribution in [0, 0.1) is 12.3 Å². The van der Waals surface area contributed by atoms with Gasteiger partial charge in [-0.2, -0.15) is 13.2 Å². The molecule has 31 heavy (non-hydrogen) atoms. The first-order valence-corrected chi connectivity index (χ1v) is 10.6. The van der Waals surface area contributed by atoms with E-state index >= 15 is 0 Å². The van der Waals surface area contributed by atoms with Crippen LogP contribution in [0.15, 0.2) is 10.6 Å². The molecule has 4 heterocycles. The van der Waals surface area contributed by atoms with Gasteiger partial charge in [0.15, 0.2) is 0 Å². The Balaban J connectivity index is 1.46. The first-order chi connectivity index (χ1) is 14.4. The number of hydrogen-bond acceptors (Lipinski definition) is 6. The van der Waals surface area contributed by atoms with Gasteiger partial charge in [0.05, 0.1) is 16.6 Å². The van der Waals surface area contributed by atoms with Crippen molar-refractivity contribution in [3.63, 3.8) is 0 Å². The Labute approximate surface area is 178 Å². The molecule has 7 nitrogen and oxygen atoms in total. The molecule has 2 aromatic rings. The number of hydrogen-bond donors (Lipinski definition) is 2. The van der Waals surface area contributed by atoms with Crippen LogP contribution in [0.25, 0.3) is 11.1 Å². The number of aromatic nitrogens is 2. The van der Waals surface area contributed by atoms with Gasteiger partial charge in [-0.15, -0.1) is 0 Å². The van der Waals surface area contributed by atoms with E-state index in [0.717, 1.165) is 6.07 Å². The number of fused-ring (bicyclic) bond motifs is 1. The molecule has 0 aromatic carbocycles. The first-order valence-electron chi connectivity index (χ1n) is 10.6. The molecule has 2 unspecified atom stereocenters. The lowest BCUT2D eigenvalue weighted by Gasteiger charge is -2.33. The average Bonchev–Trinajstić information content (AvgIpc) is 3.34. The number of piperidine rings is 1. The number of hydrazine groups is 1. The molecule has 0 saturated carbocycles. The van der Waals surface area contributed by atoms with Crippen LogP contribution in [0.1, 0.15) is 62.9 Å². The van der Waals surface area contributed by atoms with Crippen molar-refractivity contribution >= 4 is 17.0 Å². The maximum Gasteiger partial charge on any atom is 0.417 e. The fraction of sp³-hybridized carbons (Fsp3) is 0.667. The summed E-state index contributed by atoms with van der Waals surface area (Å²) in [5, 5.41) is 3.57. The van der Waals surface area contributed by atoms with Gasteiger partial charge in [-0.05, 0) is 37.7 Å². The fourth-order valence-electron chi connectivity index (χ4n) is 4.45. The number of carbonyl (C=O) groups is 1. The van der Waals surface area contributed by atoms with Gasteiger partial charge in [0.2, 0.25) is 5.91 Å². The molecule has 2 aromatic heterocycles. The Morgan fingerprint density at radius 1 is 1.19 bits per heavy atom. The van der Waals surface area contributed by atoms with Crippen molar-refractivity contribution in [3.8, 4) is 0 Å². The van der Waals surface area contributed by atoms with E-state index in [1.54, 1.807) is 4.90 Å². The normalized spacial score (nSPS) is 23.6. The molecule has 0 spiro atoms. The Hall–Kier alpha value is -2.20. The lowest BCUT2D eigenvalue weighted by molar-refractivity contribution is -0.136. The largest absolute Gasteiger partial charge is 0.417 e. The molecule has 2 atom stereocenters. The Morgan fingerprint density at radius 3 is 2.45 bits per heavy atom. The minimum absolute atomic E-state index is 0.0305. The summed E-state index contributed by atoms with van der Waals surface area (Å²) in [7, 11) is 0. The summed E-state index contributed by atoms with van der Waals surface area (Å²) in [6.07, 6.45) is -2.71. The van der Waals surface area contributed by atoms with Gasteiger partial charge >= 0.3 is 6.18 Å². The van der Waals surface area contributed by atoms with E-state index in [9.17, 15) is 18.0 Å². The fourth-order valence-corrected chi connectivity index (χ4v) is 4.45. The van der Waals surface area contributed by atoms with E-state index in [4.69, 9.17) is 4.52 Å². The zero-order chi connectivity index (χ0) is 22.6. The van der Waals surface area contributed by atoms with Crippen molar-refractivity contribution in [2.24, 2.45) is 5.41 Å². The molecule has 2 aliphatic heterocycles. The summed E-state index contributed by atoms with van der Waals surface area (Å²) in [5.74, 6) is -0.139. The number of alkyl halides is 3. The van der Waals surface area contributed by atoms with E-state index in [-0.39, 0.29) is 46.1 Å². The summed E-state index contributed by atoms with van der Waals surface area (Å²) in [6.45, 7) is 8.82. The zero-order valence-electron chi connectivity index (χ0n) is 18.1. The lowest BCUT2D eigenvalue weighted by atomic mass is 9.84. The smallest absolute Gasteiger partial charge is 0.341 e. The van der Waals surface area contributed by atoms with Gasteiger partial charge in [0.1, 0.15) is 6.04 Å². The summed E-state index contributed by atoms with van der Waals surface area (Å²) in [4.78, 5) is 19.0. The molecule has 4 rings (SSSR count). The minimum Gasteiger partial charge on any atom is -0.341 e. The average molecular weight is 439 g/mol. The highest BCUT2D eigenvalue weighted by Crippen LogP contribution is 2.39. The highest BCUT2D eigenvalue weighted by atomic mass is 19.4. The summed E-state index contributed by atoms with van der Waals surface area (Å²) in [5.41, 5.74) is 6.01. The lowest BCUT2D eigenvalue weighted by Crippen LogP contribution is -2.48. The van der Waals surface area contributed by atoms with Crippen LogP contribution in [0.3, 0.4) is 0 Å². The number of likely N-dealkylation sites (tertiary alicyclic amines) is 1. The summed E-state index contributed by atoms with van der Waals surface area (Å²) < 4.78 is 45.9. The van der Waals surface area contributed by atoms with E-state index in [2.05, 4.69) is 41.8 Å². The second kappa shape index (κ2) is 7.74. The van der Waals surface area contributed by atoms with Crippen LogP contribution in [0.5, 0.6) is 0 Å². The van der Waals surface area contributed by atoms with Crippen molar-refractivity contribution < 1.29 is 22.5 Å². The Morgan fingerprint density at radius 2 is 1.87 bits per heavy atom. The number of rotatable bonds is 2. The third-order valence-electron chi connectivity index (χ3n) is 6.41. The van der Waals surface area contributed by atoms with Gasteiger partial charge in [-0.3, -0.25) is 10.2 Å². The molecular formula is C21H28F3N5O2. The number of aryl methyl sites for hydroxylation is 1. The van der Waals surface area contributed by atoms with Crippen LogP contribution in [-0.4, -0.2) is 46.1 Å². The van der Waals surface area contributed by atoms with Crippen LogP contribution in [-0.2, 0) is 11.0 Å². The molecule has 0 radical (unpaired) electrons. The van der Waals surface area contributed by atoms with Crippen molar-refractivity contribution in [2.45, 2.75) is 71.1 Å². The van der Waals surface area contributed by atoms with Gasteiger partial charge < -0.3 is 9.42 Å². The number of nitrogens with one attached hydrogen (secondary N) is 2. The van der Waals surface area contributed by atoms with Gasteiger partial charge in [0.25, 0.3) is 5.71 Å². The molecule has 1 amide bonds. The maximum absolute atomic E-state index is 13.6. The monoisotopic (exact) mass is 439 g/mol. The summed E-state index contributed by atoms with van der Waals surface area (Å²) in [6, 6.07) is 1.02. The number of halogens is 3. The quantitative estimate of drug-likeness (QED) is 0.745. The first kappa shape index (κ1) is 22.0. The molecule has 170 valence electrons. The topological polar surface area (TPSA) is 83.3 Å². The van der Waals surface area contributed by atoms with Crippen molar-refractivity contribution in [1.29, 1.82) is 0 Å². The minimum atomic E-state index is -4.52. The molecule has 0 bridgehead atoms. The van der Waals surface area contributed by atoms with Crippen LogP contribution in [0.2, 0.25) is 0 Å². The standard InChI is InChI=1S/C21H28F3N5O2/c1-11-17-13(21(22,23)24)9-14(25-18(17)31-28-11)12-5-7-29(8-6-12)19(30)15-10-16(27-26-15)20(2,3)4/h9,12,15-16,26-27H,5-8,10H2,1-4H3. The van der Waals surface area contributed by atoms with E-state index in [1.807, 2.05) is 0 Å². The Bertz CT molecular complexity index is 974. The van der Waals surface area contributed by atoms with E-state index < -0.39 is 11.7 Å². The molecule has 2 aliphatic rings. The molecule has 2 saturated heterocycles. The molecule has 10 heteroatoms. The van der Waals surface area contributed by atoms with Crippen molar-refractivity contribution in [3.05, 3.63) is 23.0 Å². The summed E-state index contributed by atoms with van der Waals surface area (Å²) >= 11 is 0. The third-order valence-corrected chi connectivity index (χ3v) is 6.41. The second-order valence-electron chi connectivity index (χ2n) is 9.64. The predicted octanol–water partition coefficient (Wildman–Crippen LogP) is 3.54. The predicted molar refractivity (Wildman–Crippen MR) is 108 cm³/mol. The van der Waals surface area contributed by atoms with E-state index in [1.165, 1.54) is 6.92 Å². The molecule has 0 aliphatic carbocycles. The number of pyridine rings is 1. The highest BCUT2D eigenvalue weighted by Gasteiger charge is 2.39. The SMILES string of the molecule is Cc1noc2nc(C3CCN(C(=O)C4CC(C(C)(C)C)NN4)CC3)cc(C(F)(F)F)c12.